The zero-order valence-corrected chi connectivity index (χ0v) is 12.1. The first kappa shape index (κ1) is 14.1. The third-order valence-electron chi connectivity index (χ3n) is 3.98. The van der Waals surface area contributed by atoms with Crippen LogP contribution in [0, 0.1) is 5.82 Å². The summed E-state index contributed by atoms with van der Waals surface area (Å²) in [5.74, 6) is 0.629. The van der Waals surface area contributed by atoms with Crippen LogP contribution in [0.2, 0.25) is 0 Å². The number of ether oxygens (including phenoxy) is 1. The van der Waals surface area contributed by atoms with Gasteiger partial charge in [0.15, 0.2) is 0 Å². The fraction of sp³-hybridized carbons (Fsp3) is 0.333. The van der Waals surface area contributed by atoms with Crippen LogP contribution in [0.4, 0.5) is 4.39 Å². The lowest BCUT2D eigenvalue weighted by molar-refractivity contribution is 0.190. The van der Waals surface area contributed by atoms with Crippen molar-refractivity contribution in [2.75, 3.05) is 0 Å². The van der Waals surface area contributed by atoms with Gasteiger partial charge in [-0.1, -0.05) is 12.1 Å². The van der Waals surface area contributed by atoms with Crippen molar-refractivity contribution in [3.8, 4) is 11.5 Å². The van der Waals surface area contributed by atoms with Crippen molar-refractivity contribution in [1.29, 1.82) is 0 Å². The Bertz CT molecular complexity index is 650. The van der Waals surface area contributed by atoms with E-state index in [1.807, 2.05) is 12.1 Å². The summed E-state index contributed by atoms with van der Waals surface area (Å²) in [6.07, 6.45) is 3.73. The topological polar surface area (TPSA) is 29.5 Å². The molecule has 2 nitrogen and oxygen atoms in total. The van der Waals surface area contributed by atoms with E-state index in [1.54, 1.807) is 12.1 Å². The molecule has 0 heterocycles. The minimum Gasteiger partial charge on any atom is -0.457 e. The lowest BCUT2D eigenvalue weighted by Gasteiger charge is -2.18. The average molecular weight is 286 g/mol. The molecule has 0 bridgehead atoms. The highest BCUT2D eigenvalue weighted by Gasteiger charge is 2.16. The number of halogens is 1. The SMILES string of the molecule is C[C@@H](O)c1c(F)cccc1Oc1ccc2c(c1)CCCC2. The monoisotopic (exact) mass is 286 g/mol. The molecular formula is C18H19FO2. The number of hydrogen-bond acceptors (Lipinski definition) is 2. The van der Waals surface area contributed by atoms with E-state index in [1.165, 1.54) is 37.0 Å². The highest BCUT2D eigenvalue weighted by molar-refractivity contribution is 5.43. The second-order valence-electron chi connectivity index (χ2n) is 5.57. The molecule has 1 N–H and O–H groups in total. The Hall–Kier alpha value is -1.87. The van der Waals surface area contributed by atoms with Gasteiger partial charge in [-0.25, -0.2) is 4.39 Å². The van der Waals surface area contributed by atoms with Crippen LogP contribution in [0.1, 0.15) is 42.6 Å². The predicted molar refractivity (Wildman–Crippen MR) is 80.2 cm³/mol. The van der Waals surface area contributed by atoms with Gasteiger partial charge in [-0.05, 0) is 68.0 Å². The minimum atomic E-state index is -0.904. The van der Waals surface area contributed by atoms with Crippen LogP contribution in [0.3, 0.4) is 0 Å². The van der Waals surface area contributed by atoms with Crippen LogP contribution in [0.15, 0.2) is 36.4 Å². The van der Waals surface area contributed by atoms with Crippen LogP contribution >= 0.6 is 0 Å². The molecule has 1 aliphatic rings. The molecule has 2 aromatic rings. The van der Waals surface area contributed by atoms with E-state index in [9.17, 15) is 9.50 Å². The van der Waals surface area contributed by atoms with Gasteiger partial charge >= 0.3 is 0 Å². The van der Waals surface area contributed by atoms with Gasteiger partial charge < -0.3 is 9.84 Å². The number of aryl methyl sites for hydroxylation is 2. The van der Waals surface area contributed by atoms with E-state index in [-0.39, 0.29) is 5.56 Å². The molecule has 0 aromatic heterocycles. The van der Waals surface area contributed by atoms with Crippen LogP contribution in [0.25, 0.3) is 0 Å². The number of benzene rings is 2. The molecule has 0 saturated carbocycles. The average Bonchev–Trinajstić information content (AvgIpc) is 2.47. The van der Waals surface area contributed by atoms with E-state index in [0.717, 1.165) is 12.8 Å². The summed E-state index contributed by atoms with van der Waals surface area (Å²) >= 11 is 0. The lowest BCUT2D eigenvalue weighted by Crippen LogP contribution is -2.03. The first-order valence-corrected chi connectivity index (χ1v) is 7.41. The van der Waals surface area contributed by atoms with E-state index >= 15 is 0 Å². The Morgan fingerprint density at radius 3 is 2.62 bits per heavy atom. The quantitative estimate of drug-likeness (QED) is 0.897. The summed E-state index contributed by atoms with van der Waals surface area (Å²) < 4.78 is 19.7. The van der Waals surface area contributed by atoms with Gasteiger partial charge in [-0.2, -0.15) is 0 Å². The Kier molecular flexibility index (Phi) is 3.93. The summed E-state index contributed by atoms with van der Waals surface area (Å²) in [6.45, 7) is 1.54. The molecule has 3 heteroatoms. The molecule has 0 fully saturated rings. The first-order valence-electron chi connectivity index (χ1n) is 7.41. The highest BCUT2D eigenvalue weighted by atomic mass is 19.1. The standard InChI is InChI=1S/C18H19FO2/c1-12(20)18-16(19)7-4-8-17(18)21-15-10-9-13-5-2-3-6-14(13)11-15/h4,7-12,20H,2-3,5-6H2,1H3/t12-/m1/s1. The largest absolute Gasteiger partial charge is 0.457 e. The molecule has 0 spiro atoms. The van der Waals surface area contributed by atoms with Crippen LogP contribution in [0.5, 0.6) is 11.5 Å². The van der Waals surface area contributed by atoms with Crippen molar-refractivity contribution in [1.82, 2.24) is 0 Å². The number of aliphatic hydroxyl groups is 1. The molecule has 110 valence electrons. The molecular weight excluding hydrogens is 267 g/mol. The van der Waals surface area contributed by atoms with Crippen molar-refractivity contribution in [2.45, 2.75) is 38.7 Å². The van der Waals surface area contributed by atoms with Crippen molar-refractivity contribution in [3.63, 3.8) is 0 Å². The fourth-order valence-corrected chi connectivity index (χ4v) is 2.91. The van der Waals surface area contributed by atoms with E-state index in [2.05, 4.69) is 6.07 Å². The summed E-state index contributed by atoms with van der Waals surface area (Å²) in [6, 6.07) is 10.7. The zero-order chi connectivity index (χ0) is 14.8. The Morgan fingerprint density at radius 2 is 1.86 bits per heavy atom. The molecule has 0 aliphatic heterocycles. The smallest absolute Gasteiger partial charge is 0.136 e. The molecule has 0 radical (unpaired) electrons. The predicted octanol–water partition coefficient (Wildman–Crippen LogP) is 4.55. The molecule has 0 amide bonds. The van der Waals surface area contributed by atoms with Crippen molar-refractivity contribution >= 4 is 0 Å². The van der Waals surface area contributed by atoms with Crippen molar-refractivity contribution in [2.24, 2.45) is 0 Å². The maximum Gasteiger partial charge on any atom is 0.136 e. The zero-order valence-electron chi connectivity index (χ0n) is 12.1. The van der Waals surface area contributed by atoms with Gasteiger partial charge in [-0.15, -0.1) is 0 Å². The summed E-state index contributed by atoms with van der Waals surface area (Å²) in [4.78, 5) is 0. The maximum atomic E-state index is 13.8. The second kappa shape index (κ2) is 5.86. The Balaban J connectivity index is 1.92. The molecule has 3 rings (SSSR count). The van der Waals surface area contributed by atoms with Gasteiger partial charge in [0.2, 0.25) is 0 Å². The van der Waals surface area contributed by atoms with Crippen molar-refractivity contribution in [3.05, 3.63) is 58.9 Å². The summed E-state index contributed by atoms with van der Waals surface area (Å²) in [5, 5.41) is 9.74. The molecule has 21 heavy (non-hydrogen) atoms. The van der Waals surface area contributed by atoms with Crippen molar-refractivity contribution < 1.29 is 14.2 Å². The number of rotatable bonds is 3. The minimum absolute atomic E-state index is 0.204. The Morgan fingerprint density at radius 1 is 1.10 bits per heavy atom. The van der Waals surface area contributed by atoms with Gasteiger partial charge in [-0.3, -0.25) is 0 Å². The third kappa shape index (κ3) is 2.93. The Labute approximate surface area is 124 Å². The molecule has 0 unspecified atom stereocenters. The normalized spacial score (nSPS) is 15.4. The van der Waals surface area contributed by atoms with E-state index in [0.29, 0.717) is 11.5 Å². The molecule has 0 saturated heterocycles. The molecule has 1 aliphatic carbocycles. The number of hydrogen-bond donors (Lipinski definition) is 1. The van der Waals surface area contributed by atoms with Gasteiger partial charge in [0.25, 0.3) is 0 Å². The highest BCUT2D eigenvalue weighted by Crippen LogP contribution is 2.33. The van der Waals surface area contributed by atoms with Gasteiger partial charge in [0.1, 0.15) is 17.3 Å². The lowest BCUT2D eigenvalue weighted by atomic mass is 9.92. The van der Waals surface area contributed by atoms with E-state index in [4.69, 9.17) is 4.74 Å². The van der Waals surface area contributed by atoms with Crippen LogP contribution in [-0.4, -0.2) is 5.11 Å². The number of aliphatic hydroxyl groups excluding tert-OH is 1. The number of fused-ring (bicyclic) bond motifs is 1. The third-order valence-corrected chi connectivity index (χ3v) is 3.98. The molecule has 1 atom stereocenters. The fourth-order valence-electron chi connectivity index (χ4n) is 2.91. The molecule has 2 aromatic carbocycles. The van der Waals surface area contributed by atoms with Crippen LogP contribution < -0.4 is 4.74 Å². The van der Waals surface area contributed by atoms with Crippen LogP contribution in [-0.2, 0) is 12.8 Å². The second-order valence-corrected chi connectivity index (χ2v) is 5.57. The maximum absolute atomic E-state index is 13.8. The summed E-state index contributed by atoms with van der Waals surface area (Å²) in [5.41, 5.74) is 2.90. The van der Waals surface area contributed by atoms with E-state index < -0.39 is 11.9 Å². The first-order chi connectivity index (χ1) is 10.1. The summed E-state index contributed by atoms with van der Waals surface area (Å²) in [7, 11) is 0. The van der Waals surface area contributed by atoms with Gasteiger partial charge in [0.05, 0.1) is 11.7 Å². The van der Waals surface area contributed by atoms with Gasteiger partial charge in [0, 0.05) is 0 Å².